The highest BCUT2D eigenvalue weighted by molar-refractivity contribution is 5.89. The maximum atomic E-state index is 11.7. The van der Waals surface area contributed by atoms with Gasteiger partial charge in [0, 0.05) is 6.07 Å². The molecule has 2 aromatic rings. The SMILES string of the molecule is COc1cc(C)ccc1Oc1ccc(NC(=O)N[C@H](C)CO)cn1. The van der Waals surface area contributed by atoms with E-state index in [0.717, 1.165) is 5.56 Å². The van der Waals surface area contributed by atoms with E-state index in [4.69, 9.17) is 14.6 Å². The van der Waals surface area contributed by atoms with Crippen LogP contribution >= 0.6 is 0 Å². The van der Waals surface area contributed by atoms with E-state index in [-0.39, 0.29) is 12.6 Å². The minimum absolute atomic E-state index is 0.128. The number of hydrogen-bond acceptors (Lipinski definition) is 5. The number of ether oxygens (including phenoxy) is 2. The van der Waals surface area contributed by atoms with Crippen molar-refractivity contribution in [2.45, 2.75) is 19.9 Å². The number of carbonyl (C=O) groups is 1. The van der Waals surface area contributed by atoms with Crippen molar-refractivity contribution in [1.82, 2.24) is 10.3 Å². The fourth-order valence-corrected chi connectivity index (χ4v) is 1.92. The molecule has 7 nitrogen and oxygen atoms in total. The zero-order chi connectivity index (χ0) is 17.5. The molecule has 0 bridgehead atoms. The van der Waals surface area contributed by atoms with E-state index < -0.39 is 6.03 Å². The largest absolute Gasteiger partial charge is 0.493 e. The third-order valence-corrected chi connectivity index (χ3v) is 3.18. The van der Waals surface area contributed by atoms with Crippen LogP contribution in [0.2, 0.25) is 0 Å². The number of pyridine rings is 1. The quantitative estimate of drug-likeness (QED) is 0.757. The van der Waals surface area contributed by atoms with Crippen molar-refractivity contribution in [3.05, 3.63) is 42.1 Å². The maximum absolute atomic E-state index is 11.7. The summed E-state index contributed by atoms with van der Waals surface area (Å²) in [5, 5.41) is 14.1. The summed E-state index contributed by atoms with van der Waals surface area (Å²) in [6.45, 7) is 3.54. The molecule has 1 atom stereocenters. The van der Waals surface area contributed by atoms with Crippen LogP contribution in [0.5, 0.6) is 17.4 Å². The minimum atomic E-state index is -0.410. The van der Waals surface area contributed by atoms with Crippen molar-refractivity contribution < 1.29 is 19.4 Å². The number of methoxy groups -OCH3 is 1. The topological polar surface area (TPSA) is 92.7 Å². The summed E-state index contributed by atoms with van der Waals surface area (Å²) < 4.78 is 11.0. The molecule has 128 valence electrons. The molecular formula is C17H21N3O4. The monoisotopic (exact) mass is 331 g/mol. The van der Waals surface area contributed by atoms with Crippen molar-refractivity contribution in [2.75, 3.05) is 19.0 Å². The van der Waals surface area contributed by atoms with Gasteiger partial charge in [0.05, 0.1) is 31.6 Å². The first-order valence-corrected chi connectivity index (χ1v) is 7.48. The Kier molecular flexibility index (Phi) is 5.97. The first-order chi connectivity index (χ1) is 11.5. The standard InChI is InChI=1S/C17H21N3O4/c1-11-4-6-14(15(8-11)23-3)24-16-7-5-13(9-18-16)20-17(22)19-12(2)10-21/h4-9,12,21H,10H2,1-3H3,(H2,19,20,22)/t12-/m1/s1. The molecule has 1 aromatic carbocycles. The molecule has 2 amide bonds. The Morgan fingerprint density at radius 1 is 1.29 bits per heavy atom. The van der Waals surface area contributed by atoms with Crippen LogP contribution in [0.3, 0.4) is 0 Å². The second-order valence-electron chi connectivity index (χ2n) is 5.32. The number of carbonyl (C=O) groups excluding carboxylic acids is 1. The molecule has 0 unspecified atom stereocenters. The van der Waals surface area contributed by atoms with Crippen molar-refractivity contribution in [3.8, 4) is 17.4 Å². The molecular weight excluding hydrogens is 310 g/mol. The number of anilines is 1. The highest BCUT2D eigenvalue weighted by Gasteiger charge is 2.09. The number of hydrogen-bond donors (Lipinski definition) is 3. The van der Waals surface area contributed by atoms with Gasteiger partial charge in [-0.25, -0.2) is 9.78 Å². The molecule has 0 saturated carbocycles. The zero-order valence-electron chi connectivity index (χ0n) is 13.9. The molecule has 2 rings (SSSR count). The number of amides is 2. The average Bonchev–Trinajstić information content (AvgIpc) is 2.57. The van der Waals surface area contributed by atoms with Crippen LogP contribution in [0, 0.1) is 6.92 Å². The van der Waals surface area contributed by atoms with Gasteiger partial charge >= 0.3 is 6.03 Å². The first kappa shape index (κ1) is 17.6. The third-order valence-electron chi connectivity index (χ3n) is 3.18. The fourth-order valence-electron chi connectivity index (χ4n) is 1.92. The van der Waals surface area contributed by atoms with Crippen LogP contribution in [0.15, 0.2) is 36.5 Å². The van der Waals surface area contributed by atoms with Crippen molar-refractivity contribution >= 4 is 11.7 Å². The molecule has 0 saturated heterocycles. The van der Waals surface area contributed by atoms with Crippen LogP contribution in [-0.2, 0) is 0 Å². The summed E-state index contributed by atoms with van der Waals surface area (Å²) in [5.41, 5.74) is 1.58. The first-order valence-electron chi connectivity index (χ1n) is 7.48. The molecule has 0 aliphatic carbocycles. The van der Waals surface area contributed by atoms with E-state index >= 15 is 0 Å². The number of nitrogens with zero attached hydrogens (tertiary/aromatic N) is 1. The average molecular weight is 331 g/mol. The summed E-state index contributed by atoms with van der Waals surface area (Å²) in [4.78, 5) is 15.8. The van der Waals surface area contributed by atoms with E-state index in [1.54, 1.807) is 26.2 Å². The fraction of sp³-hybridized carbons (Fsp3) is 0.294. The Bertz CT molecular complexity index is 689. The molecule has 1 heterocycles. The lowest BCUT2D eigenvalue weighted by Crippen LogP contribution is -2.38. The van der Waals surface area contributed by atoms with Crippen molar-refractivity contribution in [3.63, 3.8) is 0 Å². The lowest BCUT2D eigenvalue weighted by Gasteiger charge is -2.12. The Labute approximate surface area is 140 Å². The zero-order valence-corrected chi connectivity index (χ0v) is 13.9. The molecule has 7 heteroatoms. The van der Waals surface area contributed by atoms with Gasteiger partial charge in [-0.2, -0.15) is 0 Å². The number of aromatic nitrogens is 1. The molecule has 0 radical (unpaired) electrons. The second-order valence-corrected chi connectivity index (χ2v) is 5.32. The maximum Gasteiger partial charge on any atom is 0.319 e. The molecule has 1 aromatic heterocycles. The van der Waals surface area contributed by atoms with Gasteiger partial charge in [0.1, 0.15) is 0 Å². The molecule has 0 aliphatic heterocycles. The second kappa shape index (κ2) is 8.16. The molecule has 24 heavy (non-hydrogen) atoms. The number of urea groups is 1. The van der Waals surface area contributed by atoms with Gasteiger partial charge in [-0.15, -0.1) is 0 Å². The predicted octanol–water partition coefficient (Wildman–Crippen LogP) is 2.69. The summed E-state index contributed by atoms with van der Waals surface area (Å²) in [6.07, 6.45) is 1.49. The number of rotatable bonds is 6. The van der Waals surface area contributed by atoms with Gasteiger partial charge in [-0.05, 0) is 37.6 Å². The summed E-state index contributed by atoms with van der Waals surface area (Å²) in [5.74, 6) is 1.56. The number of aliphatic hydroxyl groups excluding tert-OH is 1. The van der Waals surface area contributed by atoms with Gasteiger partial charge in [-0.1, -0.05) is 6.07 Å². The number of aryl methyl sites for hydroxylation is 1. The minimum Gasteiger partial charge on any atom is -0.493 e. The normalized spacial score (nSPS) is 11.5. The van der Waals surface area contributed by atoms with Gasteiger partial charge in [0.25, 0.3) is 0 Å². The van der Waals surface area contributed by atoms with Crippen LogP contribution in [-0.4, -0.2) is 35.9 Å². The van der Waals surface area contributed by atoms with Crippen LogP contribution in [0.1, 0.15) is 12.5 Å². The smallest absolute Gasteiger partial charge is 0.319 e. The van der Waals surface area contributed by atoms with E-state index in [9.17, 15) is 4.79 Å². The lowest BCUT2D eigenvalue weighted by molar-refractivity contribution is 0.229. The summed E-state index contributed by atoms with van der Waals surface area (Å²) in [7, 11) is 1.58. The molecule has 0 aliphatic rings. The number of aliphatic hydroxyl groups is 1. The summed E-state index contributed by atoms with van der Waals surface area (Å²) >= 11 is 0. The number of nitrogens with one attached hydrogen (secondary N) is 2. The van der Waals surface area contributed by atoms with E-state index in [2.05, 4.69) is 15.6 Å². The molecule has 0 fully saturated rings. The number of benzene rings is 1. The van der Waals surface area contributed by atoms with Crippen LogP contribution in [0.25, 0.3) is 0 Å². The Hall–Kier alpha value is -2.80. The van der Waals surface area contributed by atoms with Crippen LogP contribution < -0.4 is 20.1 Å². The Balaban J connectivity index is 2.01. The van der Waals surface area contributed by atoms with E-state index in [0.29, 0.717) is 23.1 Å². The molecule has 3 N–H and O–H groups in total. The molecule has 0 spiro atoms. The summed E-state index contributed by atoms with van der Waals surface area (Å²) in [6, 6.07) is 8.18. The van der Waals surface area contributed by atoms with E-state index in [1.165, 1.54) is 6.20 Å². The van der Waals surface area contributed by atoms with E-state index in [1.807, 2.05) is 25.1 Å². The highest BCUT2D eigenvalue weighted by Crippen LogP contribution is 2.31. The van der Waals surface area contributed by atoms with Crippen molar-refractivity contribution in [2.24, 2.45) is 0 Å². The Morgan fingerprint density at radius 3 is 2.71 bits per heavy atom. The lowest BCUT2D eigenvalue weighted by atomic mass is 10.2. The Morgan fingerprint density at radius 2 is 2.08 bits per heavy atom. The highest BCUT2D eigenvalue weighted by atomic mass is 16.5. The van der Waals surface area contributed by atoms with Gasteiger partial charge in [-0.3, -0.25) is 0 Å². The van der Waals surface area contributed by atoms with Crippen molar-refractivity contribution in [1.29, 1.82) is 0 Å². The third kappa shape index (κ3) is 4.85. The van der Waals surface area contributed by atoms with Gasteiger partial charge in [0.2, 0.25) is 5.88 Å². The predicted molar refractivity (Wildman–Crippen MR) is 90.7 cm³/mol. The van der Waals surface area contributed by atoms with Gasteiger partial charge in [0.15, 0.2) is 11.5 Å². The van der Waals surface area contributed by atoms with Crippen LogP contribution in [0.4, 0.5) is 10.5 Å². The van der Waals surface area contributed by atoms with Gasteiger partial charge < -0.3 is 25.2 Å².